The Morgan fingerprint density at radius 3 is 2.76 bits per heavy atom. The molecule has 118 valence electrons. The van der Waals surface area contributed by atoms with E-state index in [9.17, 15) is 0 Å². The van der Waals surface area contributed by atoms with Gasteiger partial charge in [0, 0.05) is 31.9 Å². The minimum Gasteiger partial charge on any atom is -0.317 e. The van der Waals surface area contributed by atoms with Gasteiger partial charge in [-0.05, 0) is 38.3 Å². The fraction of sp³-hybridized carbons (Fsp3) is 0.824. The number of likely N-dealkylation sites (tertiary alicyclic amines) is 1. The standard InChI is InChI=1S/C17H30N4/c1-14-12-20(10-9-17(14)18-2)13-15-8-11-21(19-15)16-6-4-3-5-7-16/h8,11,14,16-18H,3-7,9-10,12-13H2,1-2H3. The summed E-state index contributed by atoms with van der Waals surface area (Å²) in [6.45, 7) is 5.74. The van der Waals surface area contributed by atoms with E-state index in [-0.39, 0.29) is 0 Å². The summed E-state index contributed by atoms with van der Waals surface area (Å²) in [7, 11) is 2.09. The smallest absolute Gasteiger partial charge is 0.0764 e. The van der Waals surface area contributed by atoms with Gasteiger partial charge in [0.25, 0.3) is 0 Å². The third kappa shape index (κ3) is 3.67. The van der Waals surface area contributed by atoms with Crippen molar-refractivity contribution in [2.45, 2.75) is 64.1 Å². The fourth-order valence-corrected chi connectivity index (χ4v) is 4.04. The minimum absolute atomic E-state index is 0.654. The van der Waals surface area contributed by atoms with Crippen LogP contribution in [0.3, 0.4) is 0 Å². The Morgan fingerprint density at radius 2 is 2.05 bits per heavy atom. The van der Waals surface area contributed by atoms with Gasteiger partial charge in [-0.15, -0.1) is 0 Å². The highest BCUT2D eigenvalue weighted by Crippen LogP contribution is 2.27. The lowest BCUT2D eigenvalue weighted by molar-refractivity contribution is 0.143. The molecular weight excluding hydrogens is 260 g/mol. The Morgan fingerprint density at radius 1 is 1.24 bits per heavy atom. The van der Waals surface area contributed by atoms with Gasteiger partial charge in [-0.2, -0.15) is 5.10 Å². The van der Waals surface area contributed by atoms with Crippen LogP contribution in [-0.4, -0.2) is 40.9 Å². The largest absolute Gasteiger partial charge is 0.317 e. The van der Waals surface area contributed by atoms with Crippen molar-refractivity contribution in [3.05, 3.63) is 18.0 Å². The molecule has 2 fully saturated rings. The number of piperidine rings is 1. The molecule has 0 spiro atoms. The monoisotopic (exact) mass is 290 g/mol. The molecule has 1 aliphatic heterocycles. The minimum atomic E-state index is 0.654. The van der Waals surface area contributed by atoms with Gasteiger partial charge in [0.15, 0.2) is 0 Å². The van der Waals surface area contributed by atoms with E-state index in [2.05, 4.69) is 41.1 Å². The summed E-state index contributed by atoms with van der Waals surface area (Å²) in [4.78, 5) is 2.56. The Labute approximate surface area is 128 Å². The Hall–Kier alpha value is -0.870. The second kappa shape index (κ2) is 6.93. The van der Waals surface area contributed by atoms with E-state index in [1.807, 2.05) is 0 Å². The van der Waals surface area contributed by atoms with E-state index in [0.29, 0.717) is 12.1 Å². The van der Waals surface area contributed by atoms with Crippen molar-refractivity contribution in [1.29, 1.82) is 0 Å². The Bertz CT molecular complexity index is 436. The maximum Gasteiger partial charge on any atom is 0.0764 e. The summed E-state index contributed by atoms with van der Waals surface area (Å²) in [5.74, 6) is 0.726. The maximum absolute atomic E-state index is 4.85. The van der Waals surface area contributed by atoms with Crippen molar-refractivity contribution in [3.63, 3.8) is 0 Å². The van der Waals surface area contributed by atoms with Crippen molar-refractivity contribution in [2.75, 3.05) is 20.1 Å². The highest BCUT2D eigenvalue weighted by atomic mass is 15.3. The fourth-order valence-electron chi connectivity index (χ4n) is 4.04. The molecule has 2 unspecified atom stereocenters. The van der Waals surface area contributed by atoms with Gasteiger partial charge < -0.3 is 5.32 Å². The number of nitrogens with one attached hydrogen (secondary N) is 1. The lowest BCUT2D eigenvalue weighted by Crippen LogP contribution is -2.46. The van der Waals surface area contributed by atoms with Crippen LogP contribution in [-0.2, 0) is 6.54 Å². The van der Waals surface area contributed by atoms with Crippen LogP contribution in [0.15, 0.2) is 12.3 Å². The summed E-state index contributed by atoms with van der Waals surface area (Å²) in [5, 5.41) is 8.29. The quantitative estimate of drug-likeness (QED) is 0.925. The van der Waals surface area contributed by atoms with Gasteiger partial charge in [0.2, 0.25) is 0 Å². The molecule has 4 nitrogen and oxygen atoms in total. The van der Waals surface area contributed by atoms with Crippen LogP contribution in [0.25, 0.3) is 0 Å². The highest BCUT2D eigenvalue weighted by molar-refractivity contribution is 5.01. The van der Waals surface area contributed by atoms with Crippen LogP contribution in [0.1, 0.15) is 57.2 Å². The number of hydrogen-bond acceptors (Lipinski definition) is 3. The zero-order valence-electron chi connectivity index (χ0n) is 13.6. The van der Waals surface area contributed by atoms with Crippen molar-refractivity contribution in [1.82, 2.24) is 20.0 Å². The lowest BCUT2D eigenvalue weighted by atomic mass is 9.94. The second-order valence-electron chi connectivity index (χ2n) is 6.98. The topological polar surface area (TPSA) is 33.1 Å². The van der Waals surface area contributed by atoms with Crippen LogP contribution in [0.2, 0.25) is 0 Å². The van der Waals surface area contributed by atoms with Crippen LogP contribution >= 0.6 is 0 Å². The normalized spacial score (nSPS) is 28.9. The summed E-state index contributed by atoms with van der Waals surface area (Å²) in [6.07, 6.45) is 10.2. The summed E-state index contributed by atoms with van der Waals surface area (Å²) >= 11 is 0. The highest BCUT2D eigenvalue weighted by Gasteiger charge is 2.25. The average Bonchev–Trinajstić information content (AvgIpc) is 2.97. The van der Waals surface area contributed by atoms with Gasteiger partial charge in [-0.25, -0.2) is 0 Å². The molecule has 2 atom stereocenters. The van der Waals surface area contributed by atoms with Crippen molar-refractivity contribution >= 4 is 0 Å². The maximum atomic E-state index is 4.85. The first kappa shape index (κ1) is 15.0. The molecule has 1 saturated heterocycles. The molecule has 1 aromatic rings. The molecule has 2 aliphatic rings. The molecule has 1 saturated carbocycles. The first-order valence-corrected chi connectivity index (χ1v) is 8.70. The van der Waals surface area contributed by atoms with Gasteiger partial charge >= 0.3 is 0 Å². The molecular formula is C17H30N4. The third-order valence-corrected chi connectivity index (χ3v) is 5.36. The Balaban J connectivity index is 1.55. The van der Waals surface area contributed by atoms with Crippen LogP contribution in [0.4, 0.5) is 0 Å². The van der Waals surface area contributed by atoms with Crippen LogP contribution in [0, 0.1) is 5.92 Å². The van der Waals surface area contributed by atoms with Crippen molar-refractivity contribution in [2.24, 2.45) is 5.92 Å². The summed E-state index contributed by atoms with van der Waals surface area (Å²) in [5.41, 5.74) is 1.25. The molecule has 1 aliphatic carbocycles. The van der Waals surface area contributed by atoms with E-state index in [1.165, 1.54) is 57.3 Å². The lowest BCUT2D eigenvalue weighted by Gasteiger charge is -2.36. The molecule has 21 heavy (non-hydrogen) atoms. The predicted octanol–water partition coefficient (Wildman–Crippen LogP) is 2.82. The molecule has 4 heteroatoms. The second-order valence-corrected chi connectivity index (χ2v) is 6.98. The van der Waals surface area contributed by atoms with E-state index < -0.39 is 0 Å². The molecule has 0 radical (unpaired) electrons. The molecule has 1 N–H and O–H groups in total. The predicted molar refractivity (Wildman–Crippen MR) is 86.3 cm³/mol. The van der Waals surface area contributed by atoms with Crippen LogP contribution < -0.4 is 5.32 Å². The van der Waals surface area contributed by atoms with Crippen molar-refractivity contribution in [3.8, 4) is 0 Å². The average molecular weight is 290 g/mol. The van der Waals surface area contributed by atoms with Gasteiger partial charge in [0.05, 0.1) is 11.7 Å². The zero-order valence-corrected chi connectivity index (χ0v) is 13.6. The number of nitrogens with zero attached hydrogens (tertiary/aromatic N) is 3. The molecule has 3 rings (SSSR count). The number of rotatable bonds is 4. The summed E-state index contributed by atoms with van der Waals surface area (Å²) < 4.78 is 2.23. The number of aromatic nitrogens is 2. The first-order valence-electron chi connectivity index (χ1n) is 8.70. The van der Waals surface area contributed by atoms with Crippen LogP contribution in [0.5, 0.6) is 0 Å². The molecule has 0 amide bonds. The van der Waals surface area contributed by atoms with Gasteiger partial charge in [-0.1, -0.05) is 26.2 Å². The molecule has 0 bridgehead atoms. The summed E-state index contributed by atoms with van der Waals surface area (Å²) in [6, 6.07) is 3.56. The van der Waals surface area contributed by atoms with E-state index in [4.69, 9.17) is 5.10 Å². The van der Waals surface area contributed by atoms with Crippen molar-refractivity contribution < 1.29 is 0 Å². The van der Waals surface area contributed by atoms with Gasteiger partial charge in [0.1, 0.15) is 0 Å². The molecule has 1 aromatic heterocycles. The van der Waals surface area contributed by atoms with Gasteiger partial charge in [-0.3, -0.25) is 9.58 Å². The molecule has 0 aromatic carbocycles. The zero-order chi connectivity index (χ0) is 14.7. The van der Waals surface area contributed by atoms with E-state index in [1.54, 1.807) is 0 Å². The third-order valence-electron chi connectivity index (χ3n) is 5.36. The molecule has 2 heterocycles. The van der Waals surface area contributed by atoms with E-state index >= 15 is 0 Å². The van der Waals surface area contributed by atoms with E-state index in [0.717, 1.165) is 12.5 Å². The SMILES string of the molecule is CNC1CCN(Cc2ccn(C3CCCCC3)n2)CC1C. The number of hydrogen-bond donors (Lipinski definition) is 1. The first-order chi connectivity index (χ1) is 10.3. The Kier molecular flexibility index (Phi) is 4.96.